The standard InChI is InChI=1S/C31H36N6S/c1-2-3-6-20-17-22(15-19-9-11-23-27(16-19)36-30(34-23)25-7-4-13-32-25)38-29(20)21-10-12-24-28(18-21)37-31(35-24)26-8-5-14-33-26/h9-12,16-18,25-26,32-33H,2-8,13-15H2,1H3,(H,34,36)(H,35,37). The maximum absolute atomic E-state index is 4.89. The molecule has 0 bridgehead atoms. The molecule has 0 aliphatic carbocycles. The van der Waals surface area contributed by atoms with Crippen molar-refractivity contribution in [2.24, 2.45) is 0 Å². The van der Waals surface area contributed by atoms with Crippen molar-refractivity contribution in [3.63, 3.8) is 0 Å². The van der Waals surface area contributed by atoms with Crippen LogP contribution in [0.4, 0.5) is 0 Å². The molecule has 196 valence electrons. The van der Waals surface area contributed by atoms with E-state index in [0.717, 1.165) is 72.5 Å². The molecule has 2 saturated heterocycles. The summed E-state index contributed by atoms with van der Waals surface area (Å²) in [4.78, 5) is 19.8. The van der Waals surface area contributed by atoms with Gasteiger partial charge in [0, 0.05) is 16.2 Å². The van der Waals surface area contributed by atoms with E-state index in [4.69, 9.17) is 9.97 Å². The SMILES string of the molecule is CCCCc1cc(Cc2ccc3nc(C4CCCN4)[nH]c3c2)sc1-c1ccc2nc(C3CCCN3)[nH]c2c1. The van der Waals surface area contributed by atoms with Crippen LogP contribution in [0.2, 0.25) is 0 Å². The molecular weight excluding hydrogens is 488 g/mol. The quantitative estimate of drug-likeness (QED) is 0.177. The Morgan fingerprint density at radius 1 is 0.842 bits per heavy atom. The number of imidazole rings is 2. The van der Waals surface area contributed by atoms with Crippen LogP contribution in [0.5, 0.6) is 0 Å². The molecule has 2 unspecified atom stereocenters. The molecule has 2 aliphatic rings. The monoisotopic (exact) mass is 524 g/mol. The Bertz CT molecular complexity index is 1560. The minimum atomic E-state index is 0.358. The maximum atomic E-state index is 4.89. The number of aromatic nitrogens is 4. The van der Waals surface area contributed by atoms with Gasteiger partial charge in [-0.2, -0.15) is 0 Å². The molecular formula is C31H36N6S. The van der Waals surface area contributed by atoms with Crippen LogP contribution in [-0.2, 0) is 12.8 Å². The molecule has 0 saturated carbocycles. The molecule has 0 radical (unpaired) electrons. The van der Waals surface area contributed by atoms with Gasteiger partial charge in [-0.05, 0) is 98.6 Å². The van der Waals surface area contributed by atoms with Crippen molar-refractivity contribution in [3.8, 4) is 10.4 Å². The van der Waals surface area contributed by atoms with Gasteiger partial charge < -0.3 is 20.6 Å². The van der Waals surface area contributed by atoms with Crippen molar-refractivity contribution in [2.45, 2.75) is 70.4 Å². The van der Waals surface area contributed by atoms with E-state index >= 15 is 0 Å². The lowest BCUT2D eigenvalue weighted by molar-refractivity contribution is 0.614. The molecule has 5 aromatic rings. The summed E-state index contributed by atoms with van der Waals surface area (Å²) in [7, 11) is 0. The van der Waals surface area contributed by atoms with Crippen molar-refractivity contribution in [1.82, 2.24) is 30.6 Å². The first-order valence-electron chi connectivity index (χ1n) is 14.3. The van der Waals surface area contributed by atoms with E-state index in [9.17, 15) is 0 Å². The lowest BCUT2D eigenvalue weighted by atomic mass is 10.0. The van der Waals surface area contributed by atoms with Gasteiger partial charge in [-0.15, -0.1) is 11.3 Å². The van der Waals surface area contributed by atoms with Gasteiger partial charge in [0.25, 0.3) is 0 Å². The molecule has 7 rings (SSSR count). The fourth-order valence-corrected chi connectivity index (χ4v) is 7.33. The fraction of sp³-hybridized carbons (Fsp3) is 0.419. The highest BCUT2D eigenvalue weighted by Crippen LogP contribution is 2.37. The molecule has 0 spiro atoms. The fourth-order valence-electron chi connectivity index (χ4n) is 6.09. The van der Waals surface area contributed by atoms with E-state index in [2.05, 4.69) is 70.0 Å². The molecule has 2 aliphatic heterocycles. The van der Waals surface area contributed by atoms with Gasteiger partial charge in [0.2, 0.25) is 0 Å². The van der Waals surface area contributed by atoms with Crippen LogP contribution in [0, 0.1) is 0 Å². The summed E-state index contributed by atoms with van der Waals surface area (Å²) >= 11 is 1.95. The summed E-state index contributed by atoms with van der Waals surface area (Å²) in [6.45, 7) is 4.44. The average Bonchev–Trinajstić information content (AvgIpc) is 3.76. The van der Waals surface area contributed by atoms with E-state index in [0.29, 0.717) is 12.1 Å². The molecule has 0 amide bonds. The highest BCUT2D eigenvalue weighted by Gasteiger charge is 2.21. The van der Waals surface area contributed by atoms with Crippen molar-refractivity contribution >= 4 is 33.4 Å². The van der Waals surface area contributed by atoms with Crippen molar-refractivity contribution < 1.29 is 0 Å². The molecule has 3 aromatic heterocycles. The van der Waals surface area contributed by atoms with E-state index in [1.165, 1.54) is 52.1 Å². The second kappa shape index (κ2) is 10.3. The third-order valence-corrected chi connectivity index (χ3v) is 9.37. The molecule has 5 heterocycles. The van der Waals surface area contributed by atoms with Crippen LogP contribution in [0.3, 0.4) is 0 Å². The van der Waals surface area contributed by atoms with Gasteiger partial charge in [0.05, 0.1) is 34.2 Å². The number of H-pyrrole nitrogens is 2. The highest BCUT2D eigenvalue weighted by atomic mass is 32.1. The van der Waals surface area contributed by atoms with E-state index < -0.39 is 0 Å². The number of rotatable bonds is 8. The zero-order valence-electron chi connectivity index (χ0n) is 22.1. The maximum Gasteiger partial charge on any atom is 0.124 e. The Kier molecular flexibility index (Phi) is 6.51. The van der Waals surface area contributed by atoms with E-state index in [1.54, 1.807) is 0 Å². The first-order chi connectivity index (χ1) is 18.7. The number of unbranched alkanes of at least 4 members (excludes halogenated alkanes) is 1. The van der Waals surface area contributed by atoms with Crippen LogP contribution < -0.4 is 10.6 Å². The summed E-state index contributed by atoms with van der Waals surface area (Å²) in [6, 6.07) is 16.6. The number of hydrogen-bond donors (Lipinski definition) is 4. The number of aryl methyl sites for hydroxylation is 1. The van der Waals surface area contributed by atoms with Crippen LogP contribution in [0.25, 0.3) is 32.5 Å². The summed E-state index contributed by atoms with van der Waals surface area (Å²) < 4.78 is 0. The molecule has 2 aromatic carbocycles. The first kappa shape index (κ1) is 24.1. The zero-order chi connectivity index (χ0) is 25.5. The minimum Gasteiger partial charge on any atom is -0.341 e. The van der Waals surface area contributed by atoms with Crippen molar-refractivity contribution in [2.75, 3.05) is 13.1 Å². The molecule has 4 N–H and O–H groups in total. The smallest absolute Gasteiger partial charge is 0.124 e. The predicted octanol–water partition coefficient (Wildman–Crippen LogP) is 6.95. The topological polar surface area (TPSA) is 81.4 Å². The Balaban J connectivity index is 1.17. The Morgan fingerprint density at radius 3 is 2.18 bits per heavy atom. The zero-order valence-corrected chi connectivity index (χ0v) is 22.9. The molecule has 2 fully saturated rings. The summed E-state index contributed by atoms with van der Waals surface area (Å²) in [5.41, 5.74) is 8.51. The average molecular weight is 525 g/mol. The molecule has 6 nitrogen and oxygen atoms in total. The van der Waals surface area contributed by atoms with Crippen LogP contribution in [0.1, 0.15) is 85.2 Å². The predicted molar refractivity (Wildman–Crippen MR) is 157 cm³/mol. The van der Waals surface area contributed by atoms with Crippen molar-refractivity contribution in [3.05, 3.63) is 70.1 Å². The number of aromatic amines is 2. The van der Waals surface area contributed by atoms with E-state index in [1.807, 2.05) is 11.3 Å². The van der Waals surface area contributed by atoms with Gasteiger partial charge in [-0.3, -0.25) is 0 Å². The first-order valence-corrected chi connectivity index (χ1v) is 15.1. The molecule has 7 heteroatoms. The lowest BCUT2D eigenvalue weighted by Gasteiger charge is -2.04. The Morgan fingerprint density at radius 2 is 1.53 bits per heavy atom. The van der Waals surface area contributed by atoms with Crippen LogP contribution in [0.15, 0.2) is 42.5 Å². The normalized spacial score (nSPS) is 19.8. The van der Waals surface area contributed by atoms with Crippen LogP contribution in [-0.4, -0.2) is 33.0 Å². The van der Waals surface area contributed by atoms with Gasteiger partial charge >= 0.3 is 0 Å². The third-order valence-electron chi connectivity index (χ3n) is 8.15. The third kappa shape index (κ3) is 4.68. The minimum absolute atomic E-state index is 0.358. The van der Waals surface area contributed by atoms with Gasteiger partial charge in [0.15, 0.2) is 0 Å². The van der Waals surface area contributed by atoms with Crippen LogP contribution >= 0.6 is 11.3 Å². The summed E-state index contributed by atoms with van der Waals surface area (Å²) in [5.74, 6) is 2.16. The van der Waals surface area contributed by atoms with Crippen molar-refractivity contribution in [1.29, 1.82) is 0 Å². The lowest BCUT2D eigenvalue weighted by Crippen LogP contribution is -2.13. The second-order valence-electron chi connectivity index (χ2n) is 11.0. The Labute approximate surface area is 227 Å². The summed E-state index contributed by atoms with van der Waals surface area (Å²) in [6.07, 6.45) is 9.25. The van der Waals surface area contributed by atoms with Gasteiger partial charge in [0.1, 0.15) is 11.6 Å². The van der Waals surface area contributed by atoms with E-state index in [-0.39, 0.29) is 0 Å². The summed E-state index contributed by atoms with van der Waals surface area (Å²) in [5, 5.41) is 7.12. The Hall–Kier alpha value is -3.00. The van der Waals surface area contributed by atoms with Gasteiger partial charge in [-0.1, -0.05) is 25.5 Å². The highest BCUT2D eigenvalue weighted by molar-refractivity contribution is 7.15. The molecule has 2 atom stereocenters. The number of hydrogen-bond acceptors (Lipinski definition) is 5. The second-order valence-corrected chi connectivity index (χ2v) is 12.1. The largest absolute Gasteiger partial charge is 0.341 e. The number of thiophene rings is 1. The molecule has 38 heavy (non-hydrogen) atoms. The number of nitrogens with one attached hydrogen (secondary N) is 4. The van der Waals surface area contributed by atoms with Gasteiger partial charge in [-0.25, -0.2) is 9.97 Å². The number of fused-ring (bicyclic) bond motifs is 2. The number of benzene rings is 2. The number of nitrogens with zero attached hydrogens (tertiary/aromatic N) is 2.